The maximum atomic E-state index is 5.61. The quantitative estimate of drug-likeness (QED) is 0.115. The van der Waals surface area contributed by atoms with Crippen LogP contribution in [-0.2, 0) is 11.8 Å². The van der Waals surface area contributed by atoms with Gasteiger partial charge in [0.15, 0.2) is 0 Å². The van der Waals surface area contributed by atoms with Crippen molar-refractivity contribution in [2.75, 3.05) is 9.62 Å². The Bertz CT molecular complexity index is 2440. The highest BCUT2D eigenvalue weighted by Crippen LogP contribution is 2.46. The summed E-state index contributed by atoms with van der Waals surface area (Å²) in [5.74, 6) is 2.71. The first-order valence-electron chi connectivity index (χ1n) is 20.1. The monoisotopic (exact) mass is 737 g/mol. The maximum absolute atomic E-state index is 5.61. The normalized spacial score (nSPS) is 13.0. The highest BCUT2D eigenvalue weighted by molar-refractivity contribution is 6.85. The number of nitrogens with zero attached hydrogens (tertiary/aromatic N) is 4. The first-order chi connectivity index (χ1) is 26.9. The highest BCUT2D eigenvalue weighted by atomic mass is 15.3. The van der Waals surface area contributed by atoms with Crippen molar-refractivity contribution >= 4 is 35.3 Å². The van der Waals surface area contributed by atoms with Crippen LogP contribution in [0, 0.1) is 13.8 Å². The molecule has 7 heteroatoms. The van der Waals surface area contributed by atoms with Crippen LogP contribution in [-0.4, -0.2) is 21.9 Å². The van der Waals surface area contributed by atoms with E-state index in [1.54, 1.807) is 0 Å². The summed E-state index contributed by atoms with van der Waals surface area (Å²) < 4.78 is 2.38. The fourth-order valence-electron chi connectivity index (χ4n) is 8.47. The van der Waals surface area contributed by atoms with E-state index in [-0.39, 0.29) is 12.4 Å². The Labute approximate surface area is 333 Å². The summed E-state index contributed by atoms with van der Waals surface area (Å²) in [5.41, 5.74) is 15.5. The molecule has 0 unspecified atom stereocenters. The lowest BCUT2D eigenvalue weighted by Crippen LogP contribution is -2.55. The van der Waals surface area contributed by atoms with E-state index in [0.717, 1.165) is 40.1 Å². The molecule has 4 heterocycles. The van der Waals surface area contributed by atoms with E-state index < -0.39 is 0 Å². The Morgan fingerprint density at radius 2 is 1.34 bits per heavy atom. The SMILES string of the molecule is Cc1cccc(C)c1B1N(c2ccccc2)c2ccccc2N1c1cc(C(C)(C)C)cc(Cc2c[n+](-c3c(C(C)C)cccc3C(C)C)c(-c3ccc[nH]3)[nH]2)n1. The zero-order valence-electron chi connectivity index (χ0n) is 34.4. The van der Waals surface area contributed by atoms with Gasteiger partial charge < -0.3 is 14.6 Å². The van der Waals surface area contributed by atoms with Gasteiger partial charge in [-0.05, 0) is 90.7 Å². The van der Waals surface area contributed by atoms with E-state index in [2.05, 4.69) is 208 Å². The number of aryl methyl sites for hydroxylation is 2. The molecule has 1 aliphatic heterocycles. The van der Waals surface area contributed by atoms with Crippen LogP contribution in [0.25, 0.3) is 17.2 Å². The standard InChI is InChI=1S/C49H53BN6/c1-32(2)40-22-16-23-41(33(3)4)47(40)54-31-38(53-48(54)42-24-17-27-51-42)30-37-28-36(49(7,8)9)29-45(52-37)56-44-26-14-13-25-43(44)55(39-20-11-10-12-21-39)50(56)46-34(5)18-15-19-35(46)6/h10-29,31-33H,30H2,1-9H3,(H,51,53)/p+1. The van der Waals surface area contributed by atoms with Crippen molar-refractivity contribution in [1.29, 1.82) is 0 Å². The fraction of sp³-hybridized carbons (Fsp3) is 0.265. The average molecular weight is 738 g/mol. The number of hydrogen-bond acceptors (Lipinski definition) is 3. The number of H-pyrrole nitrogens is 2. The fourth-order valence-corrected chi connectivity index (χ4v) is 8.47. The third kappa shape index (κ3) is 6.74. The minimum Gasteiger partial charge on any atom is -0.360 e. The lowest BCUT2D eigenvalue weighted by Gasteiger charge is -2.32. The number of benzene rings is 4. The zero-order chi connectivity index (χ0) is 39.3. The van der Waals surface area contributed by atoms with Crippen molar-refractivity contribution in [2.24, 2.45) is 0 Å². The topological polar surface area (TPSA) is 54.8 Å². The number of pyridine rings is 1. The van der Waals surface area contributed by atoms with Crippen molar-refractivity contribution in [3.8, 4) is 17.2 Å². The number of nitrogens with one attached hydrogen (secondary N) is 2. The van der Waals surface area contributed by atoms with Crippen LogP contribution >= 0.6 is 0 Å². The molecule has 2 N–H and O–H groups in total. The van der Waals surface area contributed by atoms with Crippen molar-refractivity contribution in [1.82, 2.24) is 15.0 Å². The van der Waals surface area contributed by atoms with Crippen LogP contribution in [0.3, 0.4) is 0 Å². The van der Waals surface area contributed by atoms with E-state index in [9.17, 15) is 0 Å². The second-order valence-corrected chi connectivity index (χ2v) is 17.1. The number of imidazole rings is 1. The molecule has 3 aromatic heterocycles. The smallest absolute Gasteiger partial charge is 0.360 e. The second-order valence-electron chi connectivity index (χ2n) is 17.1. The molecular formula is C49H54BN6+. The molecule has 0 bridgehead atoms. The molecule has 1 aliphatic rings. The third-order valence-corrected chi connectivity index (χ3v) is 11.3. The molecule has 282 valence electrons. The Balaban J connectivity index is 1.32. The molecule has 0 saturated heterocycles. The predicted molar refractivity (Wildman–Crippen MR) is 234 cm³/mol. The molecule has 6 nitrogen and oxygen atoms in total. The van der Waals surface area contributed by atoms with Gasteiger partial charge >= 0.3 is 12.8 Å². The van der Waals surface area contributed by atoms with Crippen LogP contribution in [0.5, 0.6) is 0 Å². The average Bonchev–Trinajstić information content (AvgIpc) is 3.92. The molecule has 0 radical (unpaired) electrons. The number of aromatic nitrogens is 4. The third-order valence-electron chi connectivity index (χ3n) is 11.3. The van der Waals surface area contributed by atoms with E-state index >= 15 is 0 Å². The Kier molecular flexibility index (Phi) is 9.74. The number of aromatic amines is 2. The van der Waals surface area contributed by atoms with Crippen molar-refractivity contribution in [3.63, 3.8) is 0 Å². The molecule has 0 amide bonds. The van der Waals surface area contributed by atoms with Gasteiger partial charge in [0.25, 0.3) is 0 Å². The number of rotatable bonds is 9. The number of anilines is 4. The first kappa shape index (κ1) is 37.1. The molecular weight excluding hydrogens is 683 g/mol. The van der Waals surface area contributed by atoms with Crippen molar-refractivity contribution < 1.29 is 4.57 Å². The minimum absolute atomic E-state index is 0.105. The lowest BCUT2D eigenvalue weighted by molar-refractivity contribution is -0.583. The second kappa shape index (κ2) is 14.7. The Morgan fingerprint density at radius 3 is 1.95 bits per heavy atom. The molecule has 0 atom stereocenters. The lowest BCUT2D eigenvalue weighted by atomic mass is 9.61. The van der Waals surface area contributed by atoms with Crippen molar-refractivity contribution in [3.05, 3.63) is 167 Å². The van der Waals surface area contributed by atoms with Gasteiger partial charge in [-0.2, -0.15) is 4.57 Å². The van der Waals surface area contributed by atoms with E-state index in [1.165, 1.54) is 44.7 Å². The van der Waals surface area contributed by atoms with Crippen LogP contribution in [0.1, 0.15) is 99.5 Å². The maximum Gasteiger partial charge on any atom is 0.422 e. The van der Waals surface area contributed by atoms with E-state index in [4.69, 9.17) is 4.98 Å². The minimum atomic E-state index is -0.138. The van der Waals surface area contributed by atoms with Gasteiger partial charge in [0.2, 0.25) is 0 Å². The van der Waals surface area contributed by atoms with Gasteiger partial charge in [0.05, 0.1) is 23.5 Å². The predicted octanol–water partition coefficient (Wildman–Crippen LogP) is 11.1. The Hall–Kier alpha value is -5.82. The molecule has 0 saturated carbocycles. The molecule has 0 aliphatic carbocycles. The summed E-state index contributed by atoms with van der Waals surface area (Å²) in [6, 6.07) is 41.8. The van der Waals surface area contributed by atoms with Gasteiger partial charge in [-0.15, -0.1) is 0 Å². The summed E-state index contributed by atoms with van der Waals surface area (Å²) in [4.78, 5) is 17.9. The molecule has 56 heavy (non-hydrogen) atoms. The highest BCUT2D eigenvalue weighted by Gasteiger charge is 2.45. The van der Waals surface area contributed by atoms with Crippen molar-refractivity contribution in [2.45, 2.75) is 86.0 Å². The number of fused-ring (bicyclic) bond motifs is 1. The Morgan fingerprint density at radius 1 is 0.714 bits per heavy atom. The summed E-state index contributed by atoms with van der Waals surface area (Å²) in [7, 11) is 0. The number of para-hydroxylation sites is 4. The summed E-state index contributed by atoms with van der Waals surface area (Å²) in [6.07, 6.45) is 4.94. The molecule has 8 rings (SSSR count). The van der Waals surface area contributed by atoms with Gasteiger partial charge in [-0.1, -0.05) is 126 Å². The van der Waals surface area contributed by atoms with E-state index in [1.807, 2.05) is 6.20 Å². The van der Waals surface area contributed by atoms with Gasteiger partial charge in [-0.3, -0.25) is 0 Å². The first-order valence-corrected chi connectivity index (χ1v) is 20.1. The van der Waals surface area contributed by atoms with Gasteiger partial charge in [-0.25, -0.2) is 9.97 Å². The molecule has 4 aromatic carbocycles. The molecule has 7 aromatic rings. The number of hydrogen-bond donors (Lipinski definition) is 2. The molecule has 0 spiro atoms. The van der Waals surface area contributed by atoms with Gasteiger partial charge in [0, 0.05) is 23.0 Å². The summed E-state index contributed by atoms with van der Waals surface area (Å²) in [6.45, 7) is 20.4. The van der Waals surface area contributed by atoms with Crippen LogP contribution in [0.4, 0.5) is 22.9 Å². The van der Waals surface area contributed by atoms with E-state index in [0.29, 0.717) is 18.3 Å². The molecule has 0 fully saturated rings. The zero-order valence-corrected chi connectivity index (χ0v) is 34.4. The van der Waals surface area contributed by atoms with Crippen LogP contribution in [0.15, 0.2) is 128 Å². The largest absolute Gasteiger partial charge is 0.422 e. The summed E-state index contributed by atoms with van der Waals surface area (Å²) >= 11 is 0. The summed E-state index contributed by atoms with van der Waals surface area (Å²) in [5, 5.41) is 0. The van der Waals surface area contributed by atoms with Gasteiger partial charge in [0.1, 0.15) is 29.1 Å². The van der Waals surface area contributed by atoms with Crippen LogP contribution < -0.4 is 19.7 Å². The van der Waals surface area contributed by atoms with Crippen LogP contribution in [0.2, 0.25) is 0 Å².